The Balaban J connectivity index is 1.31. The van der Waals surface area contributed by atoms with Gasteiger partial charge in [0.1, 0.15) is 0 Å². The number of hydrogen-bond acceptors (Lipinski definition) is 1. The molecule has 0 aliphatic heterocycles. The fourth-order valence-corrected chi connectivity index (χ4v) is 8.06. The van der Waals surface area contributed by atoms with Crippen LogP contribution in [0.25, 0.3) is 71.3 Å². The molecule has 0 spiro atoms. The van der Waals surface area contributed by atoms with Crippen molar-refractivity contribution in [3.05, 3.63) is 206 Å². The summed E-state index contributed by atoms with van der Waals surface area (Å²) in [6.45, 7) is 0. The molecule has 244 valence electrons. The molecule has 0 radical (unpaired) electrons. The first kappa shape index (κ1) is 30.0. The maximum atomic E-state index is 2.46. The maximum absolute atomic E-state index is 2.46. The number of fused-ring (bicyclic) bond motifs is 5. The zero-order valence-corrected chi connectivity index (χ0v) is 28.5. The van der Waals surface area contributed by atoms with Crippen LogP contribution in [0.4, 0.5) is 17.1 Å². The fourth-order valence-electron chi connectivity index (χ4n) is 8.06. The van der Waals surface area contributed by atoms with Gasteiger partial charge in [0.25, 0.3) is 0 Å². The van der Waals surface area contributed by atoms with Crippen LogP contribution in [-0.4, -0.2) is 4.57 Å². The molecule has 0 aliphatic carbocycles. The van der Waals surface area contributed by atoms with Crippen LogP contribution >= 0.6 is 0 Å². The molecule has 0 atom stereocenters. The lowest BCUT2D eigenvalue weighted by Gasteiger charge is -2.31. The largest absolute Gasteiger partial charge is 0.308 e. The Morgan fingerprint density at radius 2 is 0.846 bits per heavy atom. The van der Waals surface area contributed by atoms with E-state index in [1.54, 1.807) is 0 Å². The minimum atomic E-state index is 1.09. The van der Waals surface area contributed by atoms with Gasteiger partial charge in [-0.25, -0.2) is 0 Å². The predicted octanol–water partition coefficient (Wildman–Crippen LogP) is 13.9. The zero-order chi connectivity index (χ0) is 34.4. The fraction of sp³-hybridized carbons (Fsp3) is 0. The average molecular weight is 663 g/mol. The molecule has 10 aromatic rings. The molecule has 0 saturated carbocycles. The molecule has 0 saturated heterocycles. The Morgan fingerprint density at radius 3 is 1.54 bits per heavy atom. The van der Waals surface area contributed by atoms with Crippen molar-refractivity contribution in [1.29, 1.82) is 0 Å². The van der Waals surface area contributed by atoms with E-state index in [4.69, 9.17) is 0 Å². The normalized spacial score (nSPS) is 11.5. The smallest absolute Gasteiger partial charge is 0.0702 e. The molecule has 0 fully saturated rings. The summed E-state index contributed by atoms with van der Waals surface area (Å²) >= 11 is 0. The van der Waals surface area contributed by atoms with E-state index in [1.807, 2.05) is 0 Å². The molecule has 52 heavy (non-hydrogen) atoms. The van der Waals surface area contributed by atoms with Crippen LogP contribution in [0.3, 0.4) is 0 Å². The van der Waals surface area contributed by atoms with Gasteiger partial charge in [-0.3, -0.25) is 0 Å². The second-order valence-electron chi connectivity index (χ2n) is 13.3. The molecule has 1 heterocycles. The van der Waals surface area contributed by atoms with Crippen LogP contribution in [0.2, 0.25) is 0 Å². The Labute approximate surface area is 303 Å². The summed E-state index contributed by atoms with van der Waals surface area (Å²) in [4.78, 5) is 2.46. The predicted molar refractivity (Wildman–Crippen MR) is 221 cm³/mol. The topological polar surface area (TPSA) is 8.17 Å². The van der Waals surface area contributed by atoms with Gasteiger partial charge in [-0.05, 0) is 80.7 Å². The first-order chi connectivity index (χ1) is 25.8. The van der Waals surface area contributed by atoms with Crippen LogP contribution in [-0.2, 0) is 0 Å². The monoisotopic (exact) mass is 662 g/mol. The third-order valence-electron chi connectivity index (χ3n) is 10.4. The Kier molecular flexibility index (Phi) is 7.18. The van der Waals surface area contributed by atoms with E-state index in [2.05, 4.69) is 216 Å². The van der Waals surface area contributed by atoms with Crippen molar-refractivity contribution in [2.45, 2.75) is 0 Å². The lowest BCUT2D eigenvalue weighted by Crippen LogP contribution is -2.14. The highest BCUT2D eigenvalue weighted by Crippen LogP contribution is 2.47. The van der Waals surface area contributed by atoms with E-state index in [9.17, 15) is 0 Å². The lowest BCUT2D eigenvalue weighted by molar-refractivity contribution is 1.15. The number of para-hydroxylation sites is 5. The molecule has 2 heteroatoms. The number of hydrogen-bond donors (Lipinski definition) is 0. The van der Waals surface area contributed by atoms with Crippen LogP contribution in [0.5, 0.6) is 0 Å². The van der Waals surface area contributed by atoms with E-state index >= 15 is 0 Å². The number of aromatic nitrogens is 1. The molecular formula is C50H34N2. The molecule has 10 rings (SSSR count). The van der Waals surface area contributed by atoms with E-state index in [0.717, 1.165) is 22.7 Å². The Bertz CT molecular complexity index is 2850. The van der Waals surface area contributed by atoms with E-state index < -0.39 is 0 Å². The molecule has 1 aromatic heterocycles. The van der Waals surface area contributed by atoms with Crippen LogP contribution < -0.4 is 4.90 Å². The van der Waals surface area contributed by atoms with Crippen molar-refractivity contribution in [3.8, 4) is 27.9 Å². The molecule has 9 aromatic carbocycles. The second-order valence-corrected chi connectivity index (χ2v) is 13.3. The van der Waals surface area contributed by atoms with E-state index in [1.165, 1.54) is 65.6 Å². The third kappa shape index (κ3) is 4.88. The van der Waals surface area contributed by atoms with Crippen LogP contribution in [0.15, 0.2) is 206 Å². The lowest BCUT2D eigenvalue weighted by atomic mass is 9.92. The highest BCUT2D eigenvalue weighted by molar-refractivity contribution is 6.10. The minimum Gasteiger partial charge on any atom is -0.308 e. The van der Waals surface area contributed by atoms with Crippen molar-refractivity contribution in [2.24, 2.45) is 0 Å². The molecule has 0 unspecified atom stereocenters. The SMILES string of the molecule is c1ccc(N(c2cc(-c3cccc4ccccc34)ccc2-c2cccc3ccccc23)c2ccccc2-n2c3ccccc3c3ccccc32)cc1. The highest BCUT2D eigenvalue weighted by Gasteiger charge is 2.24. The molecule has 0 amide bonds. The van der Waals surface area contributed by atoms with Gasteiger partial charge in [-0.15, -0.1) is 0 Å². The first-order valence-corrected chi connectivity index (χ1v) is 17.9. The van der Waals surface area contributed by atoms with Gasteiger partial charge in [0.05, 0.1) is 28.1 Å². The summed E-state index contributed by atoms with van der Waals surface area (Å²) in [6, 6.07) is 74.8. The van der Waals surface area contributed by atoms with Crippen LogP contribution in [0.1, 0.15) is 0 Å². The van der Waals surface area contributed by atoms with Crippen LogP contribution in [0, 0.1) is 0 Å². The third-order valence-corrected chi connectivity index (χ3v) is 10.4. The van der Waals surface area contributed by atoms with Crippen molar-refractivity contribution in [1.82, 2.24) is 4.57 Å². The molecule has 0 aliphatic rings. The highest BCUT2D eigenvalue weighted by atomic mass is 15.2. The number of benzene rings is 9. The Hall–Kier alpha value is -6.90. The summed E-state index contributed by atoms with van der Waals surface area (Å²) in [5, 5.41) is 7.41. The first-order valence-electron chi connectivity index (χ1n) is 17.9. The zero-order valence-electron chi connectivity index (χ0n) is 28.5. The number of rotatable bonds is 6. The summed E-state index contributed by atoms with van der Waals surface area (Å²) in [6.07, 6.45) is 0. The van der Waals surface area contributed by atoms with Gasteiger partial charge in [-0.2, -0.15) is 0 Å². The molecule has 0 N–H and O–H groups in total. The van der Waals surface area contributed by atoms with E-state index in [0.29, 0.717) is 0 Å². The number of nitrogens with zero attached hydrogens (tertiary/aromatic N) is 2. The quantitative estimate of drug-likeness (QED) is 0.172. The summed E-state index contributed by atoms with van der Waals surface area (Å²) in [5.41, 5.74) is 11.5. The number of anilines is 3. The van der Waals surface area contributed by atoms with Gasteiger partial charge < -0.3 is 9.47 Å². The molecular weight excluding hydrogens is 629 g/mol. The summed E-state index contributed by atoms with van der Waals surface area (Å²) in [5.74, 6) is 0. The van der Waals surface area contributed by atoms with Gasteiger partial charge >= 0.3 is 0 Å². The van der Waals surface area contributed by atoms with Crippen molar-refractivity contribution in [2.75, 3.05) is 4.90 Å². The molecule has 2 nitrogen and oxygen atoms in total. The second kappa shape index (κ2) is 12.5. The van der Waals surface area contributed by atoms with Gasteiger partial charge in [-0.1, -0.05) is 164 Å². The van der Waals surface area contributed by atoms with Gasteiger partial charge in [0, 0.05) is 22.0 Å². The minimum absolute atomic E-state index is 1.09. The summed E-state index contributed by atoms with van der Waals surface area (Å²) in [7, 11) is 0. The standard InChI is InChI=1S/C50H34N2/c1-2-20-38(21-3-1)51(48-30-12-13-31-49(48)52-46-28-10-8-24-43(46)44-25-9-11-29-47(44)52)50-34-37(41-26-14-18-35-16-4-6-22-39(35)41)32-33-45(50)42-27-15-19-36-17-5-7-23-40(36)42/h1-34H. The van der Waals surface area contributed by atoms with Gasteiger partial charge in [0.2, 0.25) is 0 Å². The average Bonchev–Trinajstić information content (AvgIpc) is 3.55. The van der Waals surface area contributed by atoms with E-state index in [-0.39, 0.29) is 0 Å². The van der Waals surface area contributed by atoms with Crippen molar-refractivity contribution < 1.29 is 0 Å². The molecule has 0 bridgehead atoms. The summed E-state index contributed by atoms with van der Waals surface area (Å²) < 4.78 is 2.43. The van der Waals surface area contributed by atoms with Crippen molar-refractivity contribution >= 4 is 60.4 Å². The van der Waals surface area contributed by atoms with Gasteiger partial charge in [0.15, 0.2) is 0 Å². The Morgan fingerprint density at radius 1 is 0.327 bits per heavy atom. The van der Waals surface area contributed by atoms with Crippen molar-refractivity contribution in [3.63, 3.8) is 0 Å². The maximum Gasteiger partial charge on any atom is 0.0702 e.